The van der Waals surface area contributed by atoms with Crippen LogP contribution in [0.5, 0.6) is 0 Å². The molecule has 11 nitrogen and oxygen atoms in total. The summed E-state index contributed by atoms with van der Waals surface area (Å²) >= 11 is 0. The van der Waals surface area contributed by atoms with Crippen molar-refractivity contribution < 1.29 is 46.8 Å². The lowest BCUT2D eigenvalue weighted by Gasteiger charge is -2.27. The zero-order valence-electron chi connectivity index (χ0n) is 21.5. The maximum absolute atomic E-state index is 11.4. The predicted octanol–water partition coefficient (Wildman–Crippen LogP) is -1.67. The third-order valence-electron chi connectivity index (χ3n) is 5.36. The van der Waals surface area contributed by atoms with Crippen molar-refractivity contribution in [2.75, 3.05) is 26.4 Å². The van der Waals surface area contributed by atoms with Crippen LogP contribution in [0.25, 0.3) is 4.85 Å². The van der Waals surface area contributed by atoms with Crippen molar-refractivity contribution in [1.82, 2.24) is 0 Å². The largest absolute Gasteiger partial charge is 0.463 e. The molecule has 2 aliphatic rings. The molecular formula is C18H31B3NO10P. The van der Waals surface area contributed by atoms with E-state index in [0.717, 1.165) is 0 Å². The van der Waals surface area contributed by atoms with Gasteiger partial charge < -0.3 is 42.0 Å². The molecule has 9 atom stereocenters. The van der Waals surface area contributed by atoms with E-state index in [9.17, 15) is 9.59 Å². The van der Waals surface area contributed by atoms with Crippen LogP contribution in [0.3, 0.4) is 0 Å². The molecule has 0 spiro atoms. The van der Waals surface area contributed by atoms with Crippen molar-refractivity contribution in [3.05, 3.63) is 11.4 Å². The molecule has 0 aliphatic carbocycles. The Bertz CT molecular complexity index is 754. The Balaban J connectivity index is 2.10. The molecule has 0 saturated carbocycles. The van der Waals surface area contributed by atoms with Crippen molar-refractivity contribution >= 4 is 44.2 Å². The molecule has 2 fully saturated rings. The number of carbonyl (C=O) groups excluding carboxylic acids is 2. The number of hydrogen-bond donors (Lipinski definition) is 0. The van der Waals surface area contributed by atoms with Crippen molar-refractivity contribution in [2.24, 2.45) is 5.92 Å². The van der Waals surface area contributed by atoms with E-state index in [0.29, 0.717) is 0 Å². The summed E-state index contributed by atoms with van der Waals surface area (Å²) in [5, 5.41) is 0. The minimum atomic E-state index is -2.04. The molecule has 0 aromatic heterocycles. The van der Waals surface area contributed by atoms with Gasteiger partial charge in [0.25, 0.3) is 7.98 Å². The van der Waals surface area contributed by atoms with E-state index in [1.165, 1.54) is 13.8 Å². The third-order valence-corrected chi connectivity index (χ3v) is 6.53. The lowest BCUT2D eigenvalue weighted by molar-refractivity contribution is -0.148. The quantitative estimate of drug-likeness (QED) is 0.0982. The second-order valence-corrected chi connectivity index (χ2v) is 9.07. The Hall–Kier alpha value is -1.19. The van der Waals surface area contributed by atoms with Gasteiger partial charge in [-0.2, -0.15) is 0 Å². The van der Waals surface area contributed by atoms with Crippen molar-refractivity contribution in [3.63, 3.8) is 0 Å². The van der Waals surface area contributed by atoms with Gasteiger partial charge in [0.1, 0.15) is 47.2 Å². The molecule has 2 heterocycles. The first-order chi connectivity index (χ1) is 16.5. The molecule has 0 amide bonds. The molecule has 0 N–H and O–H groups in total. The van der Waals surface area contributed by atoms with Gasteiger partial charge in [0, 0.05) is 22.4 Å². The molecule has 33 heavy (non-hydrogen) atoms. The number of ether oxygens (including phenoxy) is 4. The SMILES string of the molecule is [2H]B([3H])O[C@H]1C(OP(OCC[N+]#[C-])OC[C@H]2O[C@@H](B)[C@@H](OC(C)=O)C2C)[C@@H](COC(C)=O)O[C@H]1B. The summed E-state index contributed by atoms with van der Waals surface area (Å²) in [6.07, 6.45) is -3.25. The maximum Gasteiger partial charge on any atom is 0.333 e. The second-order valence-electron chi connectivity index (χ2n) is 7.90. The van der Waals surface area contributed by atoms with Crippen LogP contribution < -0.4 is 0 Å². The van der Waals surface area contributed by atoms with Gasteiger partial charge in [-0.15, -0.1) is 0 Å². The summed E-state index contributed by atoms with van der Waals surface area (Å²) in [6, 6.07) is -0.874. The smallest absolute Gasteiger partial charge is 0.333 e. The number of rotatable bonds is 13. The fraction of sp³-hybridized carbons (Fsp3) is 0.833. The van der Waals surface area contributed by atoms with Gasteiger partial charge in [-0.05, 0) is 0 Å². The summed E-state index contributed by atoms with van der Waals surface area (Å²) in [6.45, 7) is 11.6. The van der Waals surface area contributed by atoms with Crippen LogP contribution in [-0.4, -0.2) is 107 Å². The van der Waals surface area contributed by atoms with Crippen LogP contribution in [0.1, 0.15) is 20.8 Å². The van der Waals surface area contributed by atoms with Crippen molar-refractivity contribution in [2.45, 2.75) is 63.3 Å². The van der Waals surface area contributed by atoms with Crippen LogP contribution in [-0.2, 0) is 46.8 Å². The van der Waals surface area contributed by atoms with E-state index in [1.807, 2.05) is 14.8 Å². The van der Waals surface area contributed by atoms with E-state index >= 15 is 0 Å². The van der Waals surface area contributed by atoms with Gasteiger partial charge >= 0.3 is 20.5 Å². The highest BCUT2D eigenvalue weighted by molar-refractivity contribution is 7.41. The van der Waals surface area contributed by atoms with Crippen molar-refractivity contribution in [1.29, 1.82) is 2.67 Å². The molecule has 182 valence electrons. The molecule has 15 heteroatoms. The molecule has 0 aromatic carbocycles. The van der Waals surface area contributed by atoms with Crippen LogP contribution in [0.2, 0.25) is 0 Å². The summed E-state index contributed by atoms with van der Waals surface area (Å²) in [7, 11) is -0.120. The lowest BCUT2D eigenvalue weighted by Crippen LogP contribution is -2.38. The third kappa shape index (κ3) is 8.21. The first-order valence-corrected chi connectivity index (χ1v) is 11.8. The van der Waals surface area contributed by atoms with Gasteiger partial charge in [0.05, 0.1) is 30.8 Å². The highest BCUT2D eigenvalue weighted by atomic mass is 31.2. The van der Waals surface area contributed by atoms with E-state index in [1.54, 1.807) is 7.85 Å². The van der Waals surface area contributed by atoms with Gasteiger partial charge in [0.2, 0.25) is 6.54 Å². The number of nitrogens with zero attached hydrogens (tertiary/aromatic N) is 1. The number of carbonyl (C=O) groups is 2. The van der Waals surface area contributed by atoms with E-state index in [2.05, 4.69) is 4.85 Å². The first-order valence-electron chi connectivity index (χ1n) is 11.9. The first kappa shape index (κ1) is 24.9. The Morgan fingerprint density at radius 1 is 1.12 bits per heavy atom. The standard InChI is InChI=1S/C18H31B3NO10P/c1-9-12(29-17(19)14(9)28-11(3)24)8-27-33(26-6-5-22-4)32-15-13(7-25-10(2)23)30-18(20)16(15)31-21/h9,12-18H,5-8,19-21H2,1-3H3/t9?,12-,13-,14+,15?,16+,17-,18-,33?/m1/s1/i21TD. The lowest BCUT2D eigenvalue weighted by atomic mass is 9.88. The molecule has 2 saturated heterocycles. The van der Waals surface area contributed by atoms with E-state index < -0.39 is 65.0 Å². The monoisotopic (exact) mass is 488 g/mol. The minimum absolute atomic E-state index is 0.0472. The summed E-state index contributed by atoms with van der Waals surface area (Å²) in [4.78, 5) is 26.0. The fourth-order valence-electron chi connectivity index (χ4n) is 3.75. The average molecular weight is 488 g/mol. The van der Waals surface area contributed by atoms with Crippen molar-refractivity contribution in [3.8, 4) is 0 Å². The Kier molecular flexibility index (Phi) is 10.3. The topological polar surface area (TPSA) is 112 Å². The van der Waals surface area contributed by atoms with Crippen LogP contribution in [0, 0.1) is 12.5 Å². The molecule has 3 unspecified atom stereocenters. The Morgan fingerprint density at radius 2 is 1.82 bits per heavy atom. The molecule has 2 aliphatic heterocycles. The summed E-state index contributed by atoms with van der Waals surface area (Å²) in [5.41, 5.74) is 0. The van der Waals surface area contributed by atoms with Crippen LogP contribution in [0.4, 0.5) is 0 Å². The van der Waals surface area contributed by atoms with E-state index in [-0.39, 0.29) is 38.3 Å². The zero-order chi connectivity index (χ0) is 26.1. The van der Waals surface area contributed by atoms with Crippen LogP contribution in [0.15, 0.2) is 0 Å². The maximum atomic E-state index is 11.4. The Labute approximate surface area is 201 Å². The number of hydrogen-bond acceptors (Lipinski definition) is 10. The molecule has 0 radical (unpaired) electrons. The molecule has 2 rings (SSSR count). The predicted molar refractivity (Wildman–Crippen MR) is 124 cm³/mol. The number of esters is 2. The summed E-state index contributed by atoms with van der Waals surface area (Å²) < 4.78 is 60.2. The molecule has 0 aromatic rings. The highest BCUT2D eigenvalue weighted by Crippen LogP contribution is 2.45. The van der Waals surface area contributed by atoms with Gasteiger partial charge in [-0.25, -0.2) is 6.57 Å². The van der Waals surface area contributed by atoms with Gasteiger partial charge in [0.15, 0.2) is 0 Å². The van der Waals surface area contributed by atoms with Crippen LogP contribution >= 0.6 is 8.60 Å². The fourth-order valence-corrected chi connectivity index (χ4v) is 4.90. The molecular weight excluding hydrogens is 454 g/mol. The average Bonchev–Trinajstić information content (AvgIpc) is 3.20. The summed E-state index contributed by atoms with van der Waals surface area (Å²) in [5.74, 6) is -1.04. The molecule has 0 bridgehead atoms. The van der Waals surface area contributed by atoms with Gasteiger partial charge in [-0.3, -0.25) is 9.59 Å². The minimum Gasteiger partial charge on any atom is -0.463 e. The zero-order valence-corrected chi connectivity index (χ0v) is 20.4. The normalized spacial score (nSPS) is 35.2. The van der Waals surface area contributed by atoms with Gasteiger partial charge in [-0.1, -0.05) is 6.92 Å². The second kappa shape index (κ2) is 13.6. The van der Waals surface area contributed by atoms with E-state index in [4.69, 9.17) is 46.4 Å². The Morgan fingerprint density at radius 3 is 2.45 bits per heavy atom. The highest BCUT2D eigenvalue weighted by Gasteiger charge is 2.46.